The van der Waals surface area contributed by atoms with Crippen LogP contribution in [0.25, 0.3) is 11.0 Å². The van der Waals surface area contributed by atoms with Crippen LogP contribution in [-0.2, 0) is 13.1 Å². The zero-order valence-electron chi connectivity index (χ0n) is 16.9. The van der Waals surface area contributed by atoms with Crippen molar-refractivity contribution < 1.29 is 9.53 Å². The largest absolute Gasteiger partial charge is 0.494 e. The molecule has 0 atom stereocenters. The normalized spacial score (nSPS) is 10.9. The highest BCUT2D eigenvalue weighted by Gasteiger charge is 2.17. The van der Waals surface area contributed by atoms with E-state index in [0.717, 1.165) is 4.57 Å². The third-order valence-corrected chi connectivity index (χ3v) is 4.82. The molecule has 0 N–H and O–H groups in total. The quantitative estimate of drug-likeness (QED) is 0.429. The standard InChI is InChI=1S/C23H20N4O4/c1-2-31-18-10-8-16(9-11-18)20(28)15-26-19-7-5-13-25-21(19)22(29)27(23(26)30)14-17-6-3-4-12-24-17/h3-13H,2,14-15H2,1H3. The molecular weight excluding hydrogens is 396 g/mol. The van der Waals surface area contributed by atoms with Crippen LogP contribution in [0, 0.1) is 0 Å². The Balaban J connectivity index is 1.77. The number of rotatable bonds is 7. The first-order chi connectivity index (χ1) is 15.1. The van der Waals surface area contributed by atoms with Gasteiger partial charge in [-0.3, -0.25) is 23.7 Å². The molecule has 0 fully saturated rings. The third kappa shape index (κ3) is 4.13. The molecule has 8 heteroatoms. The van der Waals surface area contributed by atoms with E-state index in [0.29, 0.717) is 29.1 Å². The first-order valence-corrected chi connectivity index (χ1v) is 9.83. The van der Waals surface area contributed by atoms with Crippen LogP contribution in [0.4, 0.5) is 0 Å². The number of ether oxygens (including phenoxy) is 1. The summed E-state index contributed by atoms with van der Waals surface area (Å²) in [5, 5.41) is 0. The summed E-state index contributed by atoms with van der Waals surface area (Å²) < 4.78 is 7.74. The van der Waals surface area contributed by atoms with Crippen LogP contribution in [0.1, 0.15) is 23.0 Å². The van der Waals surface area contributed by atoms with Crippen LogP contribution in [0.2, 0.25) is 0 Å². The van der Waals surface area contributed by atoms with Gasteiger partial charge >= 0.3 is 5.69 Å². The summed E-state index contributed by atoms with van der Waals surface area (Å²) in [7, 11) is 0. The number of carbonyl (C=O) groups excluding carboxylic acids is 1. The maximum Gasteiger partial charge on any atom is 0.332 e. The Kier molecular flexibility index (Phi) is 5.70. The van der Waals surface area contributed by atoms with Crippen LogP contribution in [-0.4, -0.2) is 31.5 Å². The minimum Gasteiger partial charge on any atom is -0.494 e. The van der Waals surface area contributed by atoms with E-state index in [-0.39, 0.29) is 24.4 Å². The number of ketones is 1. The van der Waals surface area contributed by atoms with Gasteiger partial charge in [-0.2, -0.15) is 0 Å². The predicted molar refractivity (Wildman–Crippen MR) is 116 cm³/mol. The number of hydrogen-bond donors (Lipinski definition) is 0. The molecule has 156 valence electrons. The SMILES string of the molecule is CCOc1ccc(C(=O)Cn2c(=O)n(Cc3ccccn3)c(=O)c3ncccc32)cc1. The highest BCUT2D eigenvalue weighted by atomic mass is 16.5. The molecule has 1 aromatic carbocycles. The van der Waals surface area contributed by atoms with Crippen LogP contribution in [0.15, 0.2) is 76.6 Å². The number of hydrogen-bond acceptors (Lipinski definition) is 6. The maximum absolute atomic E-state index is 13.2. The van der Waals surface area contributed by atoms with Gasteiger partial charge in [-0.05, 0) is 55.5 Å². The van der Waals surface area contributed by atoms with Gasteiger partial charge in [0.1, 0.15) is 5.75 Å². The summed E-state index contributed by atoms with van der Waals surface area (Å²) in [5.74, 6) is 0.396. The Morgan fingerprint density at radius 1 is 0.935 bits per heavy atom. The first kappa shape index (κ1) is 20.2. The number of aromatic nitrogens is 4. The fraction of sp³-hybridized carbons (Fsp3) is 0.174. The number of Topliss-reactive ketones (excluding diaryl/α,β-unsaturated/α-hetero) is 1. The number of benzene rings is 1. The Morgan fingerprint density at radius 3 is 2.42 bits per heavy atom. The van der Waals surface area contributed by atoms with E-state index in [4.69, 9.17) is 4.74 Å². The second kappa shape index (κ2) is 8.74. The van der Waals surface area contributed by atoms with Crippen LogP contribution < -0.4 is 16.0 Å². The highest BCUT2D eigenvalue weighted by Crippen LogP contribution is 2.14. The van der Waals surface area contributed by atoms with Gasteiger partial charge in [0.15, 0.2) is 11.3 Å². The molecule has 0 spiro atoms. The van der Waals surface area contributed by atoms with Gasteiger partial charge in [0, 0.05) is 18.0 Å². The summed E-state index contributed by atoms with van der Waals surface area (Å²) in [4.78, 5) is 47.4. The Morgan fingerprint density at radius 2 is 1.71 bits per heavy atom. The minimum absolute atomic E-state index is 0.0116. The molecule has 3 heterocycles. The second-order valence-electron chi connectivity index (χ2n) is 6.83. The number of fused-ring (bicyclic) bond motifs is 1. The number of carbonyl (C=O) groups is 1. The van der Waals surface area contributed by atoms with Crippen molar-refractivity contribution >= 4 is 16.8 Å². The van der Waals surface area contributed by atoms with Gasteiger partial charge in [-0.25, -0.2) is 9.78 Å². The van der Waals surface area contributed by atoms with E-state index in [1.54, 1.807) is 60.8 Å². The van der Waals surface area contributed by atoms with Gasteiger partial charge < -0.3 is 4.74 Å². The summed E-state index contributed by atoms with van der Waals surface area (Å²) in [6, 6.07) is 15.2. The summed E-state index contributed by atoms with van der Waals surface area (Å²) >= 11 is 0. The Bertz CT molecular complexity index is 1340. The van der Waals surface area contributed by atoms with Crippen molar-refractivity contribution in [3.8, 4) is 5.75 Å². The molecule has 8 nitrogen and oxygen atoms in total. The highest BCUT2D eigenvalue weighted by molar-refractivity contribution is 5.96. The zero-order chi connectivity index (χ0) is 21.8. The molecule has 0 aliphatic carbocycles. The first-order valence-electron chi connectivity index (χ1n) is 9.83. The topological polar surface area (TPSA) is 96.1 Å². The fourth-order valence-corrected chi connectivity index (χ4v) is 3.33. The minimum atomic E-state index is -0.588. The summed E-state index contributed by atoms with van der Waals surface area (Å²) in [5.41, 5.74) is 0.328. The predicted octanol–water partition coefficient (Wildman–Crippen LogP) is 2.28. The molecule has 4 rings (SSSR count). The molecule has 0 amide bonds. The summed E-state index contributed by atoms with van der Waals surface area (Å²) in [6.45, 7) is 2.17. The lowest BCUT2D eigenvalue weighted by Crippen LogP contribution is -2.41. The van der Waals surface area contributed by atoms with E-state index < -0.39 is 11.2 Å². The van der Waals surface area contributed by atoms with Gasteiger partial charge in [-0.1, -0.05) is 6.07 Å². The molecule has 4 aromatic rings. The molecule has 0 unspecified atom stereocenters. The van der Waals surface area contributed by atoms with Crippen molar-refractivity contribution in [2.24, 2.45) is 0 Å². The average Bonchev–Trinajstić information content (AvgIpc) is 2.81. The van der Waals surface area contributed by atoms with Crippen molar-refractivity contribution in [2.45, 2.75) is 20.0 Å². The van der Waals surface area contributed by atoms with Crippen molar-refractivity contribution in [3.05, 3.63) is 99.1 Å². The maximum atomic E-state index is 13.2. The zero-order valence-corrected chi connectivity index (χ0v) is 16.9. The molecular formula is C23H20N4O4. The van der Waals surface area contributed by atoms with Crippen LogP contribution >= 0.6 is 0 Å². The Labute approximate surface area is 177 Å². The lowest BCUT2D eigenvalue weighted by molar-refractivity contribution is 0.0971. The number of nitrogens with zero attached hydrogens (tertiary/aromatic N) is 4. The van der Waals surface area contributed by atoms with E-state index in [9.17, 15) is 14.4 Å². The van der Waals surface area contributed by atoms with Gasteiger partial charge in [-0.15, -0.1) is 0 Å². The molecule has 3 aromatic heterocycles. The van der Waals surface area contributed by atoms with E-state index in [1.807, 2.05) is 6.92 Å². The smallest absolute Gasteiger partial charge is 0.332 e. The molecule has 0 radical (unpaired) electrons. The van der Waals surface area contributed by atoms with E-state index >= 15 is 0 Å². The fourth-order valence-electron chi connectivity index (χ4n) is 3.33. The van der Waals surface area contributed by atoms with E-state index in [2.05, 4.69) is 9.97 Å². The van der Waals surface area contributed by atoms with E-state index in [1.165, 1.54) is 10.8 Å². The van der Waals surface area contributed by atoms with Crippen molar-refractivity contribution in [2.75, 3.05) is 6.61 Å². The molecule has 0 aliphatic heterocycles. The van der Waals surface area contributed by atoms with Gasteiger partial charge in [0.05, 0.1) is 30.9 Å². The monoisotopic (exact) mass is 416 g/mol. The second-order valence-corrected chi connectivity index (χ2v) is 6.83. The molecule has 0 bridgehead atoms. The van der Waals surface area contributed by atoms with Gasteiger partial charge in [0.25, 0.3) is 5.56 Å². The molecule has 0 saturated heterocycles. The van der Waals surface area contributed by atoms with Gasteiger partial charge in [0.2, 0.25) is 0 Å². The number of pyridine rings is 2. The molecule has 0 saturated carbocycles. The van der Waals surface area contributed by atoms with Crippen LogP contribution in [0.5, 0.6) is 5.75 Å². The molecule has 0 aliphatic rings. The van der Waals surface area contributed by atoms with Crippen LogP contribution in [0.3, 0.4) is 0 Å². The molecule has 31 heavy (non-hydrogen) atoms. The lowest BCUT2D eigenvalue weighted by Gasteiger charge is -2.13. The van der Waals surface area contributed by atoms with Crippen molar-refractivity contribution in [1.29, 1.82) is 0 Å². The average molecular weight is 416 g/mol. The van der Waals surface area contributed by atoms with Crippen molar-refractivity contribution in [1.82, 2.24) is 19.1 Å². The lowest BCUT2D eigenvalue weighted by atomic mass is 10.1. The van der Waals surface area contributed by atoms with Crippen molar-refractivity contribution in [3.63, 3.8) is 0 Å². The third-order valence-electron chi connectivity index (χ3n) is 4.82. The Hall–Kier alpha value is -4.07. The summed E-state index contributed by atoms with van der Waals surface area (Å²) in [6.07, 6.45) is 3.07.